The van der Waals surface area contributed by atoms with Gasteiger partial charge in [0.15, 0.2) is 4.34 Å². The van der Waals surface area contributed by atoms with Crippen LogP contribution in [0.4, 0.5) is 5.13 Å². The first-order valence-corrected chi connectivity index (χ1v) is 7.10. The average molecular weight is 302 g/mol. The number of ether oxygens (including phenoxy) is 1. The Morgan fingerprint density at radius 2 is 2.32 bits per heavy atom. The van der Waals surface area contributed by atoms with Crippen LogP contribution in [0, 0.1) is 0 Å². The van der Waals surface area contributed by atoms with Gasteiger partial charge in [0.25, 0.3) is 0 Å². The molecule has 0 bridgehead atoms. The lowest BCUT2D eigenvalue weighted by molar-refractivity contribution is -0.140. The van der Waals surface area contributed by atoms with E-state index in [2.05, 4.69) is 32.1 Å². The predicted molar refractivity (Wildman–Crippen MR) is 74.3 cm³/mol. The molecule has 0 unspecified atom stereocenters. The van der Waals surface area contributed by atoms with E-state index < -0.39 is 5.97 Å². The Labute approximate surface area is 118 Å². The molecule has 104 valence electrons. The molecule has 0 aromatic carbocycles. The number of nitrogens with one attached hydrogen (secondary N) is 2. The second-order valence-electron chi connectivity index (χ2n) is 3.18. The van der Waals surface area contributed by atoms with E-state index in [-0.39, 0.29) is 18.2 Å². The van der Waals surface area contributed by atoms with Gasteiger partial charge in [-0.2, -0.15) is 0 Å². The minimum absolute atomic E-state index is 0.127. The summed E-state index contributed by atoms with van der Waals surface area (Å²) in [4.78, 5) is 22.2. The fourth-order valence-corrected chi connectivity index (χ4v) is 2.51. The number of nitrogens with zero attached hydrogens (tertiary/aromatic N) is 2. The van der Waals surface area contributed by atoms with Gasteiger partial charge in [-0.25, -0.2) is 0 Å². The first-order chi connectivity index (χ1) is 9.15. The maximum Gasteiger partial charge on any atom is 0.325 e. The predicted octanol–water partition coefficient (Wildman–Crippen LogP) is 0.517. The first-order valence-electron chi connectivity index (χ1n) is 5.30. The molecule has 1 amide bonds. The van der Waals surface area contributed by atoms with Crippen LogP contribution in [-0.2, 0) is 14.3 Å². The summed E-state index contributed by atoms with van der Waals surface area (Å²) in [5, 5.41) is 13.9. The molecule has 9 heteroatoms. The molecule has 0 aliphatic heterocycles. The third kappa shape index (κ3) is 6.20. The molecule has 0 aliphatic carbocycles. The number of anilines is 1. The molecule has 0 aliphatic rings. The van der Waals surface area contributed by atoms with Crippen molar-refractivity contribution in [2.45, 2.75) is 4.34 Å². The Morgan fingerprint density at radius 3 is 3.00 bits per heavy atom. The molecule has 7 nitrogen and oxygen atoms in total. The lowest BCUT2D eigenvalue weighted by Gasteiger charge is -2.01. The molecule has 1 aromatic rings. The van der Waals surface area contributed by atoms with Crippen molar-refractivity contribution in [3.05, 3.63) is 12.7 Å². The van der Waals surface area contributed by atoms with E-state index in [9.17, 15) is 9.59 Å². The summed E-state index contributed by atoms with van der Waals surface area (Å²) in [6, 6.07) is 0. The minimum Gasteiger partial charge on any atom is -0.468 e. The highest BCUT2D eigenvalue weighted by molar-refractivity contribution is 8.01. The van der Waals surface area contributed by atoms with Gasteiger partial charge in [-0.3, -0.25) is 9.59 Å². The topological polar surface area (TPSA) is 93.2 Å². The van der Waals surface area contributed by atoms with Crippen LogP contribution in [0.3, 0.4) is 0 Å². The molecular weight excluding hydrogens is 288 g/mol. The monoisotopic (exact) mass is 302 g/mol. The number of aromatic nitrogens is 2. The summed E-state index contributed by atoms with van der Waals surface area (Å²) >= 11 is 2.61. The van der Waals surface area contributed by atoms with Crippen molar-refractivity contribution in [3.8, 4) is 0 Å². The zero-order valence-corrected chi connectivity index (χ0v) is 12.0. The van der Waals surface area contributed by atoms with Crippen molar-refractivity contribution in [2.75, 3.05) is 31.3 Å². The standard InChI is InChI=1S/C10H14N4O3S2/c1-3-4-11-9-13-14-10(19-9)18-6-7(15)12-5-8(16)17-2/h3H,1,4-6H2,2H3,(H,11,13)(H,12,15). The van der Waals surface area contributed by atoms with Gasteiger partial charge >= 0.3 is 5.97 Å². The number of esters is 1. The van der Waals surface area contributed by atoms with E-state index in [1.807, 2.05) is 0 Å². The molecule has 1 heterocycles. The molecule has 2 N–H and O–H groups in total. The highest BCUT2D eigenvalue weighted by Crippen LogP contribution is 2.24. The molecule has 19 heavy (non-hydrogen) atoms. The third-order valence-corrected chi connectivity index (χ3v) is 3.80. The number of amides is 1. The fourth-order valence-electron chi connectivity index (χ4n) is 0.920. The van der Waals surface area contributed by atoms with Crippen LogP contribution in [0.2, 0.25) is 0 Å². The maximum absolute atomic E-state index is 11.4. The smallest absolute Gasteiger partial charge is 0.325 e. The number of methoxy groups -OCH3 is 1. The van der Waals surface area contributed by atoms with Crippen LogP contribution in [0.15, 0.2) is 17.0 Å². The average Bonchev–Trinajstić information content (AvgIpc) is 2.88. The SMILES string of the molecule is C=CCNc1nnc(SCC(=O)NCC(=O)OC)s1. The van der Waals surface area contributed by atoms with Gasteiger partial charge in [0, 0.05) is 6.54 Å². The van der Waals surface area contributed by atoms with E-state index in [1.54, 1.807) is 6.08 Å². The van der Waals surface area contributed by atoms with Crippen molar-refractivity contribution in [1.82, 2.24) is 15.5 Å². The van der Waals surface area contributed by atoms with E-state index in [1.165, 1.54) is 30.2 Å². The van der Waals surface area contributed by atoms with Gasteiger partial charge in [-0.05, 0) is 0 Å². The molecule has 0 fully saturated rings. The highest BCUT2D eigenvalue weighted by Gasteiger charge is 2.09. The maximum atomic E-state index is 11.4. The third-order valence-electron chi connectivity index (χ3n) is 1.79. The van der Waals surface area contributed by atoms with E-state index in [4.69, 9.17) is 0 Å². The van der Waals surface area contributed by atoms with E-state index in [0.29, 0.717) is 16.0 Å². The summed E-state index contributed by atoms with van der Waals surface area (Å²) in [5.41, 5.74) is 0. The molecule has 1 aromatic heterocycles. The molecule has 0 spiro atoms. The Bertz CT molecular complexity index is 450. The van der Waals surface area contributed by atoms with Gasteiger partial charge in [-0.15, -0.1) is 16.8 Å². The quantitative estimate of drug-likeness (QED) is 0.411. The molecule has 0 radical (unpaired) electrons. The summed E-state index contributed by atoms with van der Waals surface area (Å²) in [7, 11) is 1.27. The Balaban J connectivity index is 2.27. The highest BCUT2D eigenvalue weighted by atomic mass is 32.2. The molecule has 0 saturated heterocycles. The second kappa shape index (κ2) is 8.48. The van der Waals surface area contributed by atoms with Crippen LogP contribution in [-0.4, -0.2) is 48.0 Å². The summed E-state index contributed by atoms with van der Waals surface area (Å²) in [6.07, 6.45) is 1.72. The molecule has 0 atom stereocenters. The molecule has 1 rings (SSSR count). The second-order valence-corrected chi connectivity index (χ2v) is 5.38. The van der Waals surface area contributed by atoms with Crippen molar-refractivity contribution >= 4 is 40.1 Å². The summed E-state index contributed by atoms with van der Waals surface area (Å²) < 4.78 is 5.09. The van der Waals surface area contributed by atoms with Crippen molar-refractivity contribution in [2.24, 2.45) is 0 Å². The lowest BCUT2D eigenvalue weighted by atomic mass is 10.6. The van der Waals surface area contributed by atoms with Gasteiger partial charge in [-0.1, -0.05) is 29.2 Å². The zero-order valence-electron chi connectivity index (χ0n) is 10.3. The molecule has 0 saturated carbocycles. The van der Waals surface area contributed by atoms with Crippen LogP contribution in [0.25, 0.3) is 0 Å². The fraction of sp³-hybridized carbons (Fsp3) is 0.400. The summed E-state index contributed by atoms with van der Waals surface area (Å²) in [5.74, 6) is -0.566. The number of rotatable bonds is 8. The lowest BCUT2D eigenvalue weighted by Crippen LogP contribution is -2.31. The Morgan fingerprint density at radius 1 is 1.53 bits per heavy atom. The Hall–Kier alpha value is -1.61. The van der Waals surface area contributed by atoms with Gasteiger partial charge in [0.05, 0.1) is 12.9 Å². The largest absolute Gasteiger partial charge is 0.468 e. The number of hydrogen-bond acceptors (Lipinski definition) is 8. The number of carbonyl (C=O) groups excluding carboxylic acids is 2. The van der Waals surface area contributed by atoms with Crippen LogP contribution < -0.4 is 10.6 Å². The number of thioether (sulfide) groups is 1. The Kier molecular flexibility index (Phi) is 6.90. The van der Waals surface area contributed by atoms with Crippen LogP contribution in [0.1, 0.15) is 0 Å². The van der Waals surface area contributed by atoms with E-state index >= 15 is 0 Å². The van der Waals surface area contributed by atoms with Gasteiger partial charge < -0.3 is 15.4 Å². The van der Waals surface area contributed by atoms with Crippen LogP contribution in [0.5, 0.6) is 0 Å². The number of hydrogen-bond donors (Lipinski definition) is 2. The van der Waals surface area contributed by atoms with Gasteiger partial charge in [0.2, 0.25) is 11.0 Å². The first kappa shape index (κ1) is 15.4. The normalized spacial score (nSPS) is 9.74. The van der Waals surface area contributed by atoms with Crippen molar-refractivity contribution in [1.29, 1.82) is 0 Å². The van der Waals surface area contributed by atoms with Crippen molar-refractivity contribution < 1.29 is 14.3 Å². The summed E-state index contributed by atoms with van der Waals surface area (Å²) in [6.45, 7) is 4.07. The van der Waals surface area contributed by atoms with E-state index in [0.717, 1.165) is 0 Å². The molecular formula is C10H14N4O3S2. The number of carbonyl (C=O) groups is 2. The van der Waals surface area contributed by atoms with Crippen LogP contribution >= 0.6 is 23.1 Å². The van der Waals surface area contributed by atoms with Gasteiger partial charge in [0.1, 0.15) is 6.54 Å². The van der Waals surface area contributed by atoms with Crippen molar-refractivity contribution in [3.63, 3.8) is 0 Å². The minimum atomic E-state index is -0.481. The zero-order chi connectivity index (χ0) is 14.1.